The number of nitrogens with zero attached hydrogens (tertiary/aromatic N) is 3. The zero-order chi connectivity index (χ0) is 26.9. The summed E-state index contributed by atoms with van der Waals surface area (Å²) in [5.41, 5.74) is -0.766. The Hall–Kier alpha value is -3.99. The third kappa shape index (κ3) is 5.26. The Labute approximate surface area is 214 Å². The lowest BCUT2D eigenvalue weighted by Gasteiger charge is -2.19. The molecule has 1 aliphatic heterocycles. The number of alkyl halides is 3. The number of carbonyl (C=O) groups is 1. The molecule has 1 aliphatic rings. The standard InChI is InChI=1S/C26H23F3N4O3S/c1-3-32(15(2)34)12-11-19-18-9-4-5-10-21(18)30-22(19)14-20-23(35)31-25(37)33(24(20)36)17-8-6-7-16(13-17)26(27,28)29/h4-10,13-14,36H,3,11-12H2,1-2H3,(H,31,35,37)/b22-14-. The van der Waals surface area contributed by atoms with Gasteiger partial charge >= 0.3 is 6.18 Å². The topological polar surface area (TPSA) is 90.7 Å². The number of H-pyrrole nitrogens is 1. The Morgan fingerprint density at radius 3 is 2.62 bits per heavy atom. The number of benzene rings is 2. The second kappa shape index (κ2) is 10.2. The molecule has 0 unspecified atom stereocenters. The van der Waals surface area contributed by atoms with Crippen molar-refractivity contribution in [3.8, 4) is 11.6 Å². The molecule has 3 aromatic rings. The van der Waals surface area contributed by atoms with Crippen LogP contribution >= 0.6 is 12.2 Å². The molecular formula is C26H23F3N4O3S. The van der Waals surface area contributed by atoms with Gasteiger partial charge < -0.3 is 10.0 Å². The Balaban J connectivity index is 1.86. The largest absolute Gasteiger partial charge is 0.494 e. The zero-order valence-electron chi connectivity index (χ0n) is 20.0. The summed E-state index contributed by atoms with van der Waals surface area (Å²) in [6.07, 6.45) is -2.79. The van der Waals surface area contributed by atoms with E-state index in [2.05, 4.69) is 9.98 Å². The van der Waals surface area contributed by atoms with Crippen LogP contribution in [0.1, 0.15) is 31.4 Å². The van der Waals surface area contributed by atoms with Crippen molar-refractivity contribution in [3.05, 3.63) is 91.1 Å². The van der Waals surface area contributed by atoms with E-state index in [1.54, 1.807) is 11.0 Å². The highest BCUT2D eigenvalue weighted by atomic mass is 32.1. The second-order valence-corrected chi connectivity index (χ2v) is 8.75. The molecule has 2 heterocycles. The number of halogens is 3. The first-order valence-electron chi connectivity index (χ1n) is 11.4. The number of hydrogen-bond donors (Lipinski definition) is 2. The fourth-order valence-electron chi connectivity index (χ4n) is 4.19. The molecule has 11 heteroatoms. The molecule has 1 amide bonds. The van der Waals surface area contributed by atoms with Gasteiger partial charge in [0.1, 0.15) is 5.56 Å². The monoisotopic (exact) mass is 528 g/mol. The van der Waals surface area contributed by atoms with Crippen molar-refractivity contribution < 1.29 is 23.1 Å². The molecule has 7 nitrogen and oxygen atoms in total. The number of carbonyl (C=O) groups excluding carboxylic acids is 1. The summed E-state index contributed by atoms with van der Waals surface area (Å²) in [6, 6.07) is 11.6. The molecule has 2 aromatic carbocycles. The van der Waals surface area contributed by atoms with Crippen LogP contribution in [-0.4, -0.2) is 38.6 Å². The first kappa shape index (κ1) is 26.1. The van der Waals surface area contributed by atoms with Crippen LogP contribution in [0.4, 0.5) is 13.2 Å². The second-order valence-electron chi connectivity index (χ2n) is 8.37. The van der Waals surface area contributed by atoms with Gasteiger partial charge in [-0.15, -0.1) is 0 Å². The van der Waals surface area contributed by atoms with E-state index in [9.17, 15) is 27.9 Å². The average Bonchev–Trinajstić information content (AvgIpc) is 3.18. The minimum absolute atomic E-state index is 0.0656. The van der Waals surface area contributed by atoms with Gasteiger partial charge in [0.2, 0.25) is 11.8 Å². The first-order chi connectivity index (χ1) is 17.5. The predicted octanol–water partition coefficient (Wildman–Crippen LogP) is 3.70. The SMILES string of the molecule is CCN(CCC1=c2ccccc2=N/C1=C\c1c(O)n(-c2cccc(C(F)(F)F)c2)c(=S)[nH]c1=O)C(C)=O. The van der Waals surface area contributed by atoms with E-state index in [1.165, 1.54) is 25.1 Å². The van der Waals surface area contributed by atoms with Gasteiger partial charge in [0.25, 0.3) is 5.56 Å². The highest BCUT2D eigenvalue weighted by Gasteiger charge is 2.31. The summed E-state index contributed by atoms with van der Waals surface area (Å²) in [5.74, 6) is -0.695. The molecule has 192 valence electrons. The van der Waals surface area contributed by atoms with Crippen molar-refractivity contribution >= 4 is 29.8 Å². The molecule has 4 rings (SSSR count). The number of rotatable bonds is 6. The number of para-hydroxylation sites is 1. The van der Waals surface area contributed by atoms with Crippen LogP contribution in [0.25, 0.3) is 17.3 Å². The molecule has 0 bridgehead atoms. The highest BCUT2D eigenvalue weighted by molar-refractivity contribution is 7.71. The molecule has 0 saturated heterocycles. The van der Waals surface area contributed by atoms with Crippen LogP contribution in [0, 0.1) is 4.77 Å². The van der Waals surface area contributed by atoms with Gasteiger partial charge in [-0.25, -0.2) is 4.99 Å². The number of aromatic amines is 1. The summed E-state index contributed by atoms with van der Waals surface area (Å²) in [5, 5.41) is 12.5. The van der Waals surface area contributed by atoms with Crippen molar-refractivity contribution in [1.29, 1.82) is 0 Å². The molecule has 0 fully saturated rings. The summed E-state index contributed by atoms with van der Waals surface area (Å²) in [6.45, 7) is 4.30. The van der Waals surface area contributed by atoms with Crippen molar-refractivity contribution in [3.63, 3.8) is 0 Å². The van der Waals surface area contributed by atoms with E-state index in [4.69, 9.17) is 12.2 Å². The predicted molar refractivity (Wildman–Crippen MR) is 135 cm³/mol. The van der Waals surface area contributed by atoms with Gasteiger partial charge in [-0.1, -0.05) is 24.3 Å². The van der Waals surface area contributed by atoms with E-state index in [0.717, 1.165) is 27.5 Å². The van der Waals surface area contributed by atoms with Gasteiger partial charge in [0.15, 0.2) is 4.77 Å². The van der Waals surface area contributed by atoms with Crippen molar-refractivity contribution in [2.24, 2.45) is 4.99 Å². The fourth-order valence-corrected chi connectivity index (χ4v) is 4.48. The van der Waals surface area contributed by atoms with Crippen molar-refractivity contribution in [1.82, 2.24) is 14.5 Å². The maximum absolute atomic E-state index is 13.3. The Morgan fingerprint density at radius 2 is 1.95 bits per heavy atom. The summed E-state index contributed by atoms with van der Waals surface area (Å²) in [4.78, 5) is 33.4. The van der Waals surface area contributed by atoms with E-state index in [0.29, 0.717) is 30.6 Å². The van der Waals surface area contributed by atoms with Gasteiger partial charge in [-0.05, 0) is 61.5 Å². The lowest BCUT2D eigenvalue weighted by atomic mass is 10.0. The van der Waals surface area contributed by atoms with E-state index < -0.39 is 23.2 Å². The maximum atomic E-state index is 13.3. The van der Waals surface area contributed by atoms with Gasteiger partial charge in [0.05, 0.1) is 22.3 Å². The molecule has 2 N–H and O–H groups in total. The van der Waals surface area contributed by atoms with Crippen LogP contribution in [0.15, 0.2) is 64.0 Å². The summed E-state index contributed by atoms with van der Waals surface area (Å²) < 4.78 is 40.5. The normalized spacial score (nSPS) is 14.0. The third-order valence-electron chi connectivity index (χ3n) is 6.07. The van der Waals surface area contributed by atoms with Gasteiger partial charge in [0, 0.05) is 25.2 Å². The number of aromatic hydroxyl groups is 1. The van der Waals surface area contributed by atoms with E-state index >= 15 is 0 Å². The molecule has 37 heavy (non-hydrogen) atoms. The average molecular weight is 529 g/mol. The van der Waals surface area contributed by atoms with Crippen molar-refractivity contribution in [2.45, 2.75) is 26.4 Å². The maximum Gasteiger partial charge on any atom is 0.416 e. The number of amides is 1. The lowest BCUT2D eigenvalue weighted by Crippen LogP contribution is -2.30. The summed E-state index contributed by atoms with van der Waals surface area (Å²) >= 11 is 5.16. The number of aromatic nitrogens is 2. The van der Waals surface area contributed by atoms with Crippen molar-refractivity contribution in [2.75, 3.05) is 13.1 Å². The molecule has 0 aliphatic carbocycles. The molecule has 0 saturated carbocycles. The minimum Gasteiger partial charge on any atom is -0.494 e. The smallest absolute Gasteiger partial charge is 0.416 e. The van der Waals surface area contributed by atoms with Crippen LogP contribution in [0.2, 0.25) is 0 Å². The first-order valence-corrected chi connectivity index (χ1v) is 11.8. The Bertz CT molecular complexity index is 1650. The van der Waals surface area contributed by atoms with Crippen LogP contribution in [-0.2, 0) is 11.0 Å². The quantitative estimate of drug-likeness (QED) is 0.478. The molecule has 0 atom stereocenters. The Kier molecular flexibility index (Phi) is 7.17. The highest BCUT2D eigenvalue weighted by Crippen LogP contribution is 2.32. The summed E-state index contributed by atoms with van der Waals surface area (Å²) in [7, 11) is 0. The fraction of sp³-hybridized carbons (Fsp3) is 0.231. The number of nitrogens with one attached hydrogen (secondary N) is 1. The minimum atomic E-state index is -4.61. The number of allylic oxidation sites excluding steroid dienone is 1. The van der Waals surface area contributed by atoms with Gasteiger partial charge in [-0.3, -0.25) is 19.1 Å². The molecule has 0 spiro atoms. The van der Waals surface area contributed by atoms with Crippen LogP contribution in [0.3, 0.4) is 0 Å². The number of fused-ring (bicyclic) bond motifs is 1. The lowest BCUT2D eigenvalue weighted by molar-refractivity contribution is -0.137. The molecule has 1 aromatic heterocycles. The van der Waals surface area contributed by atoms with Gasteiger partial charge in [-0.2, -0.15) is 13.2 Å². The van der Waals surface area contributed by atoms with Crippen LogP contribution < -0.4 is 16.1 Å². The van der Waals surface area contributed by atoms with Crippen LogP contribution in [0.5, 0.6) is 5.88 Å². The van der Waals surface area contributed by atoms with E-state index in [-0.39, 0.29) is 21.9 Å². The Morgan fingerprint density at radius 1 is 1.22 bits per heavy atom. The zero-order valence-corrected chi connectivity index (χ0v) is 20.8. The van der Waals surface area contributed by atoms with E-state index in [1.807, 2.05) is 25.1 Å². The molecule has 0 radical (unpaired) electrons. The molecular weight excluding hydrogens is 505 g/mol. The third-order valence-corrected chi connectivity index (χ3v) is 6.36. The number of hydrogen-bond acceptors (Lipinski definition) is 5.